The van der Waals surface area contributed by atoms with Crippen LogP contribution in [0.25, 0.3) is 16.9 Å². The molecule has 0 radical (unpaired) electrons. The molecule has 1 aliphatic heterocycles. The Hall–Kier alpha value is -2.30. The molecule has 24 heavy (non-hydrogen) atoms. The molecule has 0 saturated carbocycles. The Morgan fingerprint density at radius 3 is 2.00 bits per heavy atom. The largest absolute Gasteiger partial charge is 0.493 e. The normalized spacial score (nSPS) is 17.4. The van der Waals surface area contributed by atoms with Crippen molar-refractivity contribution in [3.8, 4) is 11.1 Å². The summed E-state index contributed by atoms with van der Waals surface area (Å²) < 4.78 is 62.1. The van der Waals surface area contributed by atoms with Crippen molar-refractivity contribution in [1.82, 2.24) is 0 Å². The zero-order chi connectivity index (χ0) is 17.4. The minimum atomic E-state index is -1.22. The van der Waals surface area contributed by atoms with E-state index in [0.29, 0.717) is 18.9 Å². The van der Waals surface area contributed by atoms with Gasteiger partial charge in [0.2, 0.25) is 0 Å². The third-order valence-electron chi connectivity index (χ3n) is 4.14. The molecule has 1 nitrogen and oxygen atoms in total. The molecular formula is C19H16F4O. The molecule has 3 rings (SSSR count). The molecule has 0 fully saturated rings. The monoisotopic (exact) mass is 336 g/mol. The van der Waals surface area contributed by atoms with Crippen LogP contribution in [0.1, 0.15) is 24.5 Å². The van der Waals surface area contributed by atoms with Gasteiger partial charge in [-0.25, -0.2) is 17.6 Å². The summed E-state index contributed by atoms with van der Waals surface area (Å²) in [4.78, 5) is 0. The molecular weight excluding hydrogens is 320 g/mol. The van der Waals surface area contributed by atoms with E-state index < -0.39 is 23.3 Å². The van der Waals surface area contributed by atoms with E-state index in [1.165, 1.54) is 31.2 Å². The summed E-state index contributed by atoms with van der Waals surface area (Å²) in [5.74, 6) is -4.03. The van der Waals surface area contributed by atoms with E-state index in [2.05, 4.69) is 0 Å². The van der Waals surface area contributed by atoms with E-state index in [-0.39, 0.29) is 28.0 Å². The van der Waals surface area contributed by atoms with Crippen molar-refractivity contribution in [2.24, 2.45) is 5.92 Å². The maximum Gasteiger partial charge on any atom is 0.170 e. The van der Waals surface area contributed by atoms with E-state index >= 15 is 0 Å². The second kappa shape index (κ2) is 6.30. The quantitative estimate of drug-likeness (QED) is 0.647. The lowest BCUT2D eigenvalue weighted by atomic mass is 9.98. The summed E-state index contributed by atoms with van der Waals surface area (Å²) in [6.07, 6.45) is 2.41. The molecule has 1 aliphatic rings. The maximum absolute atomic E-state index is 14.4. The SMILES string of the molecule is Cc1ccc(-c2ccc(C3=CCC(C)CO3)c(F)c2F)c(F)c1F. The molecule has 2 aromatic rings. The minimum Gasteiger partial charge on any atom is -0.493 e. The number of halogens is 4. The molecule has 126 valence electrons. The third-order valence-corrected chi connectivity index (χ3v) is 4.14. The number of hydrogen-bond donors (Lipinski definition) is 0. The molecule has 1 atom stereocenters. The predicted octanol–water partition coefficient (Wildman–Crippen LogP) is 5.62. The van der Waals surface area contributed by atoms with E-state index in [1.807, 2.05) is 6.92 Å². The Morgan fingerprint density at radius 1 is 0.833 bits per heavy atom. The first-order chi connectivity index (χ1) is 11.4. The summed E-state index contributed by atoms with van der Waals surface area (Å²) in [5.41, 5.74) is -0.551. The number of allylic oxidation sites excluding steroid dienone is 1. The topological polar surface area (TPSA) is 9.23 Å². The van der Waals surface area contributed by atoms with Gasteiger partial charge in [-0.1, -0.05) is 25.1 Å². The van der Waals surface area contributed by atoms with Crippen LogP contribution >= 0.6 is 0 Å². The van der Waals surface area contributed by atoms with Crippen LogP contribution in [-0.4, -0.2) is 6.61 Å². The summed E-state index contributed by atoms with van der Waals surface area (Å²) >= 11 is 0. The molecule has 0 aromatic heterocycles. The van der Waals surface area contributed by atoms with Crippen LogP contribution in [0, 0.1) is 36.1 Å². The van der Waals surface area contributed by atoms with Crippen molar-refractivity contribution >= 4 is 5.76 Å². The lowest BCUT2D eigenvalue weighted by Crippen LogP contribution is -2.11. The van der Waals surface area contributed by atoms with Crippen molar-refractivity contribution in [2.75, 3.05) is 6.61 Å². The molecule has 0 saturated heterocycles. The Bertz CT molecular complexity index is 827. The first kappa shape index (κ1) is 16.6. The number of benzene rings is 2. The first-order valence-electron chi connectivity index (χ1n) is 7.66. The molecule has 0 N–H and O–H groups in total. The summed E-state index contributed by atoms with van der Waals surface area (Å²) in [7, 11) is 0. The van der Waals surface area contributed by atoms with Crippen molar-refractivity contribution in [3.05, 3.63) is 64.7 Å². The average molecular weight is 336 g/mol. The Balaban J connectivity index is 2.07. The van der Waals surface area contributed by atoms with Gasteiger partial charge in [0.05, 0.1) is 12.2 Å². The lowest BCUT2D eigenvalue weighted by molar-refractivity contribution is 0.209. The standard InChI is InChI=1S/C19H16F4O/c1-10-3-8-15(24-9-10)14-7-6-13(18(22)19(14)23)12-5-4-11(2)16(20)17(12)21/h4-8,10H,3,9H2,1-2H3. The average Bonchev–Trinajstić information content (AvgIpc) is 2.57. The van der Waals surface area contributed by atoms with Gasteiger partial charge in [0.1, 0.15) is 5.76 Å². The summed E-state index contributed by atoms with van der Waals surface area (Å²) in [5, 5.41) is 0. The van der Waals surface area contributed by atoms with Crippen molar-refractivity contribution in [2.45, 2.75) is 20.3 Å². The number of aryl methyl sites for hydroxylation is 1. The van der Waals surface area contributed by atoms with Crippen LogP contribution in [0.15, 0.2) is 30.3 Å². The van der Waals surface area contributed by atoms with Crippen LogP contribution in [0.5, 0.6) is 0 Å². The van der Waals surface area contributed by atoms with Gasteiger partial charge in [0, 0.05) is 11.1 Å². The zero-order valence-corrected chi connectivity index (χ0v) is 13.3. The minimum absolute atomic E-state index is 0.0175. The van der Waals surface area contributed by atoms with Crippen LogP contribution in [0.2, 0.25) is 0 Å². The van der Waals surface area contributed by atoms with Gasteiger partial charge in [-0.3, -0.25) is 0 Å². The molecule has 1 heterocycles. The van der Waals surface area contributed by atoms with Crippen LogP contribution in [-0.2, 0) is 4.74 Å². The Morgan fingerprint density at radius 2 is 1.38 bits per heavy atom. The van der Waals surface area contributed by atoms with Gasteiger partial charge >= 0.3 is 0 Å². The van der Waals surface area contributed by atoms with Gasteiger partial charge in [-0.2, -0.15) is 0 Å². The van der Waals surface area contributed by atoms with Crippen molar-refractivity contribution in [1.29, 1.82) is 0 Å². The molecule has 0 amide bonds. The fraction of sp³-hybridized carbons (Fsp3) is 0.263. The smallest absolute Gasteiger partial charge is 0.170 e. The third kappa shape index (κ3) is 2.79. The summed E-state index contributed by atoms with van der Waals surface area (Å²) in [6, 6.07) is 5.13. The van der Waals surface area contributed by atoms with Crippen LogP contribution < -0.4 is 0 Å². The molecule has 0 bridgehead atoms. The van der Waals surface area contributed by atoms with Gasteiger partial charge in [0.15, 0.2) is 23.3 Å². The predicted molar refractivity (Wildman–Crippen MR) is 84.2 cm³/mol. The summed E-state index contributed by atoms with van der Waals surface area (Å²) in [6.45, 7) is 3.81. The van der Waals surface area contributed by atoms with E-state index in [9.17, 15) is 17.6 Å². The second-order valence-corrected chi connectivity index (χ2v) is 6.07. The fourth-order valence-corrected chi connectivity index (χ4v) is 2.66. The van der Waals surface area contributed by atoms with E-state index in [4.69, 9.17) is 4.74 Å². The number of ether oxygens (including phenoxy) is 1. The highest BCUT2D eigenvalue weighted by Crippen LogP contribution is 2.34. The number of hydrogen-bond acceptors (Lipinski definition) is 1. The molecule has 0 aliphatic carbocycles. The fourth-order valence-electron chi connectivity index (χ4n) is 2.66. The van der Waals surface area contributed by atoms with Gasteiger partial charge in [-0.05, 0) is 37.0 Å². The first-order valence-corrected chi connectivity index (χ1v) is 7.66. The Kier molecular flexibility index (Phi) is 4.35. The molecule has 0 spiro atoms. The van der Waals surface area contributed by atoms with Crippen molar-refractivity contribution < 1.29 is 22.3 Å². The van der Waals surface area contributed by atoms with E-state index in [1.54, 1.807) is 6.08 Å². The van der Waals surface area contributed by atoms with Gasteiger partial charge in [0.25, 0.3) is 0 Å². The Labute approximate surface area is 137 Å². The highest BCUT2D eigenvalue weighted by Gasteiger charge is 2.23. The zero-order valence-electron chi connectivity index (χ0n) is 13.3. The van der Waals surface area contributed by atoms with Gasteiger partial charge < -0.3 is 4.74 Å². The second-order valence-electron chi connectivity index (χ2n) is 6.07. The molecule has 5 heteroatoms. The van der Waals surface area contributed by atoms with Crippen molar-refractivity contribution in [3.63, 3.8) is 0 Å². The maximum atomic E-state index is 14.4. The molecule has 1 unspecified atom stereocenters. The highest BCUT2D eigenvalue weighted by atomic mass is 19.2. The van der Waals surface area contributed by atoms with Crippen LogP contribution in [0.4, 0.5) is 17.6 Å². The highest BCUT2D eigenvalue weighted by molar-refractivity contribution is 5.70. The van der Waals surface area contributed by atoms with Crippen LogP contribution in [0.3, 0.4) is 0 Å². The van der Waals surface area contributed by atoms with E-state index in [0.717, 1.165) is 0 Å². The lowest BCUT2D eigenvalue weighted by Gasteiger charge is -2.21. The van der Waals surface area contributed by atoms with Gasteiger partial charge in [-0.15, -0.1) is 0 Å². The molecule has 2 aromatic carbocycles. The number of rotatable bonds is 2.